The van der Waals surface area contributed by atoms with E-state index in [1.807, 2.05) is 120 Å². The average molecular weight is 1640 g/mol. The van der Waals surface area contributed by atoms with E-state index in [-0.39, 0.29) is 84.9 Å². The molecule has 33 heteroatoms. The molecule has 3 aliphatic rings. The second-order valence-corrected chi connectivity index (χ2v) is 31.0. The van der Waals surface area contributed by atoms with E-state index in [1.54, 1.807) is 19.1 Å². The molecule has 8 amide bonds. The van der Waals surface area contributed by atoms with Gasteiger partial charge in [0.2, 0.25) is 29.5 Å². The van der Waals surface area contributed by atoms with Crippen molar-refractivity contribution in [2.75, 3.05) is 7.05 Å². The van der Waals surface area contributed by atoms with E-state index in [1.165, 1.54) is 102 Å². The first kappa shape index (κ1) is 93.2. The van der Waals surface area contributed by atoms with Crippen LogP contribution >= 0.6 is 0 Å². The third kappa shape index (κ3) is 26.3. The summed E-state index contributed by atoms with van der Waals surface area (Å²) in [6, 6.07) is 26.4. The van der Waals surface area contributed by atoms with Crippen molar-refractivity contribution in [2.45, 2.75) is 213 Å². The Morgan fingerprint density at radius 3 is 1.08 bits per heavy atom. The lowest BCUT2D eigenvalue weighted by molar-refractivity contribution is -0.178. The highest BCUT2D eigenvalue weighted by Crippen LogP contribution is 2.27. The molecular formula is C85H109N11O22. The molecule has 33 nitrogen and oxygen atoms in total. The third-order valence-electron chi connectivity index (χ3n) is 20.1. The fourth-order valence-electron chi connectivity index (χ4n) is 13.4. The lowest BCUT2D eigenvalue weighted by Gasteiger charge is -2.36. The molecule has 3 fully saturated rings. The minimum Gasteiger partial charge on any atom is -0.505 e. The van der Waals surface area contributed by atoms with Crippen molar-refractivity contribution >= 4 is 71.1 Å². The second kappa shape index (κ2) is 43.8. The molecule has 0 bridgehead atoms. The van der Waals surface area contributed by atoms with Crippen LogP contribution in [0.1, 0.15) is 151 Å². The van der Waals surface area contributed by atoms with Gasteiger partial charge in [-0.05, 0) is 137 Å². The number of carbonyl (C=O) groups is 12. The summed E-state index contributed by atoms with van der Waals surface area (Å²) in [7, 11) is 1.49. The number of rotatable bonds is 18. The van der Waals surface area contributed by atoms with Crippen molar-refractivity contribution in [3.63, 3.8) is 0 Å². The van der Waals surface area contributed by atoms with Crippen molar-refractivity contribution in [3.8, 4) is 17.2 Å². The summed E-state index contributed by atoms with van der Waals surface area (Å²) in [6.45, 7) is 20.0. The molecule has 118 heavy (non-hydrogen) atoms. The maximum absolute atomic E-state index is 13.7. The number of amides is 8. The number of carbonyl (C=O) groups excluding carboxylic acids is 12. The van der Waals surface area contributed by atoms with Crippen LogP contribution in [0, 0.1) is 35.5 Å². The summed E-state index contributed by atoms with van der Waals surface area (Å²) in [5, 5.41) is 82.4. The molecule has 3 unspecified atom stereocenters. The third-order valence-corrected chi connectivity index (χ3v) is 20.1. The molecule has 3 aromatic carbocycles. The van der Waals surface area contributed by atoms with E-state index in [0.29, 0.717) is 0 Å². The summed E-state index contributed by atoms with van der Waals surface area (Å²) in [6.07, 6.45) is -3.69. The largest absolute Gasteiger partial charge is 0.505 e. The molecule has 6 heterocycles. The fourth-order valence-corrected chi connectivity index (χ4v) is 13.4. The molecule has 0 radical (unpaired) electrons. The van der Waals surface area contributed by atoms with Crippen molar-refractivity contribution < 1.29 is 107 Å². The number of likely N-dealkylation sites (N-methyl/N-ethyl adjacent to an activating group) is 1. The number of benzene rings is 3. The molecular weight excluding hydrogens is 1530 g/mol. The molecule has 3 aliphatic heterocycles. The Kier molecular flexibility index (Phi) is 34.6. The molecule has 13 N–H and O–H groups in total. The van der Waals surface area contributed by atoms with Crippen LogP contribution in [0.25, 0.3) is 0 Å². The maximum atomic E-state index is 13.7. The molecule has 0 spiro atoms. The number of esters is 4. The fraction of sp³-hybridized carbons (Fsp3) is 0.471. The molecule has 18 atom stereocenters. The zero-order valence-electron chi connectivity index (χ0n) is 68.2. The Morgan fingerprint density at radius 1 is 0.398 bits per heavy atom. The smallest absolute Gasteiger partial charge is 0.347 e. The van der Waals surface area contributed by atoms with Gasteiger partial charge in [-0.1, -0.05) is 146 Å². The van der Waals surface area contributed by atoms with Crippen LogP contribution in [0.15, 0.2) is 146 Å². The van der Waals surface area contributed by atoms with Crippen LogP contribution in [-0.4, -0.2) is 220 Å². The average Bonchev–Trinajstić information content (AvgIpc) is 0.825. The summed E-state index contributed by atoms with van der Waals surface area (Å²) >= 11 is 0. The minimum atomic E-state index is -1.43. The number of pyridine rings is 3. The van der Waals surface area contributed by atoms with E-state index in [2.05, 4.69) is 52.2 Å². The number of hydrogen-bond donors (Lipinski definition) is 13. The first-order valence-electron chi connectivity index (χ1n) is 39.2. The Morgan fingerprint density at radius 2 is 0.729 bits per heavy atom. The topological polar surface area (TPSA) is 489 Å². The Bertz CT molecular complexity index is 4250. The predicted molar refractivity (Wildman–Crippen MR) is 427 cm³/mol. The molecule has 6 aromatic rings. The summed E-state index contributed by atoms with van der Waals surface area (Å²) in [5.41, 5.74) is 1.45. The molecule has 3 aromatic heterocycles. The monoisotopic (exact) mass is 1640 g/mol. The summed E-state index contributed by atoms with van der Waals surface area (Å²) in [5.74, 6) is -13.3. The van der Waals surface area contributed by atoms with Crippen LogP contribution in [0.2, 0.25) is 0 Å². The van der Waals surface area contributed by atoms with Crippen molar-refractivity contribution in [1.82, 2.24) is 57.1 Å². The van der Waals surface area contributed by atoms with Gasteiger partial charge in [0.25, 0.3) is 17.7 Å². The first-order valence-corrected chi connectivity index (χ1v) is 39.2. The van der Waals surface area contributed by atoms with Crippen molar-refractivity contribution in [2.24, 2.45) is 35.5 Å². The van der Waals surface area contributed by atoms with Gasteiger partial charge in [-0.15, -0.1) is 0 Å². The molecule has 0 saturated carbocycles. The molecule has 9 rings (SSSR count). The number of nitrogens with one attached hydrogen (secondary N) is 7. The van der Waals surface area contributed by atoms with E-state index in [4.69, 9.17) is 18.9 Å². The van der Waals surface area contributed by atoms with Crippen molar-refractivity contribution in [3.05, 3.63) is 180 Å². The Hall–Kier alpha value is -12.0. The van der Waals surface area contributed by atoms with Gasteiger partial charge in [-0.3, -0.25) is 43.2 Å². The number of cyclic esters (lactones) is 4. The first-order chi connectivity index (χ1) is 55.8. The number of aliphatic hydroxyl groups is 3. The van der Waals surface area contributed by atoms with E-state index >= 15 is 0 Å². The van der Waals surface area contributed by atoms with Crippen LogP contribution in [0.3, 0.4) is 0 Å². The van der Waals surface area contributed by atoms with Gasteiger partial charge in [0, 0.05) is 25.6 Å². The SMILES string of the molecule is CC(C)CC1C(=O)O[C@H](C)[C@H](NC(=O)c2ncccc2O)C(=O)N[C@@H](Cc2ccccc2)[C@@H](O)[C@@H](C)C(=O)N1C.CC(C)CC1NC(=O)[C@H](C)[C@H](O)[C@H](Cc2ccccc2)NC(=O)[C@@H](NC(=O)c2ncccc2O)[C@@H](C)OC1=O.CC(C)CC1OC(=O)[C@H](C)[C@H](O)[C@H](Cc2ccccc2)NC(=O)[C@@H](NC(=O)c2ncccc2O)[C@@H](C)OC1=O. The zero-order chi connectivity index (χ0) is 86.9. The number of hydrogen-bond acceptors (Lipinski definition) is 25. The Labute approximate surface area is 684 Å². The van der Waals surface area contributed by atoms with E-state index in [9.17, 15) is 88.2 Å². The van der Waals surface area contributed by atoms with Crippen LogP contribution in [-0.2, 0) is 81.4 Å². The lowest BCUT2D eigenvalue weighted by atomic mass is 9.90. The van der Waals surface area contributed by atoms with Gasteiger partial charge in [-0.25, -0.2) is 29.3 Å². The van der Waals surface area contributed by atoms with E-state index in [0.717, 1.165) is 16.7 Å². The second-order valence-electron chi connectivity index (χ2n) is 31.0. The number of aromatic nitrogens is 3. The predicted octanol–water partition coefficient (Wildman–Crippen LogP) is 4.03. The minimum absolute atomic E-state index is 0.0167. The van der Waals surface area contributed by atoms with Crippen molar-refractivity contribution in [1.29, 1.82) is 0 Å². The molecule has 3 saturated heterocycles. The lowest BCUT2D eigenvalue weighted by Crippen LogP contribution is -2.60. The Balaban J connectivity index is 0.000000244. The van der Waals surface area contributed by atoms with Crippen LogP contribution in [0.5, 0.6) is 17.2 Å². The normalized spacial score (nSPS) is 26.4. The number of aromatic hydroxyl groups is 3. The number of ether oxygens (including phenoxy) is 4. The summed E-state index contributed by atoms with van der Waals surface area (Å²) < 4.78 is 22.2. The molecule has 636 valence electrons. The highest BCUT2D eigenvalue weighted by molar-refractivity contribution is 6.00. The quantitative estimate of drug-likeness (QED) is 0.0427. The number of nitrogens with zero attached hydrogens (tertiary/aromatic N) is 4. The molecule has 0 aliphatic carbocycles. The van der Waals surface area contributed by atoms with Gasteiger partial charge in [0.1, 0.15) is 65.8 Å². The highest BCUT2D eigenvalue weighted by Gasteiger charge is 2.45. The van der Waals surface area contributed by atoms with Gasteiger partial charge < -0.3 is 91.7 Å². The highest BCUT2D eigenvalue weighted by atomic mass is 16.6. The van der Waals surface area contributed by atoms with E-state index < -0.39 is 186 Å². The zero-order valence-corrected chi connectivity index (χ0v) is 68.2. The summed E-state index contributed by atoms with van der Waals surface area (Å²) in [4.78, 5) is 171. The van der Waals surface area contributed by atoms with Gasteiger partial charge in [0.05, 0.1) is 54.2 Å². The number of aliphatic hydroxyl groups excluding tert-OH is 3. The standard InChI is InChI=1S/C29H38N4O7.C28H36N4O7.C28H35N3O8/c1-16(2)14-21-29(39)40-18(4)23(32-27(37)24-22(34)12-9-13-30-24)26(36)31-20(15-19-10-7-6-8-11-19)25(35)17(3)28(38)33(21)5;1-15(2)13-20-28(38)39-17(4)22(32-27(37)23-21(33)11-8-12-29-23)26(36)30-19(14-18-9-6-5-7-10-18)24(34)16(3)25(35)31-20;1-15(2)13-21-28(37)38-17(4)22(31-26(35)23-20(32)11-8-12-29-23)25(34)30-19(14-18-9-6-5-7-10-18)24(33)16(3)27(36)39-21/h6-13,16-18,20-21,23,25,34-35H,14-15H2,1-5H3,(H,31,36)(H,32,37);5-12,15-17,19-20,22,24,33-34H,13-14H2,1-4H3,(H,30,36)(H,31,35)(H,32,37);5-12,15-17,19,21-22,24,32-33H,13-14H2,1-4H3,(H,30,34)(H,31,35)/t17-,18-,20+,21?,23+,25+;16-,17-,19+,20?,22+,24+;16-,17-,19+,21?,22+,24+/m111/s1. The van der Waals surface area contributed by atoms with Gasteiger partial charge in [0.15, 0.2) is 23.2 Å². The van der Waals surface area contributed by atoms with Gasteiger partial charge >= 0.3 is 23.9 Å². The van der Waals surface area contributed by atoms with Crippen LogP contribution < -0.4 is 37.2 Å². The van der Waals surface area contributed by atoms with Gasteiger partial charge in [-0.2, -0.15) is 0 Å². The van der Waals surface area contributed by atoms with Crippen LogP contribution in [0.4, 0.5) is 0 Å². The maximum Gasteiger partial charge on any atom is 0.347 e.